The van der Waals surface area contributed by atoms with Gasteiger partial charge in [-0.1, -0.05) is 6.92 Å². The monoisotopic (exact) mass is 359 g/mol. The summed E-state index contributed by atoms with van der Waals surface area (Å²) in [5.74, 6) is 0.701. The maximum absolute atomic E-state index is 12.5. The first-order valence-corrected chi connectivity index (χ1v) is 9.87. The molecule has 1 heterocycles. The van der Waals surface area contributed by atoms with Crippen LogP contribution in [-0.2, 0) is 9.59 Å². The van der Waals surface area contributed by atoms with E-state index < -0.39 is 0 Å². The van der Waals surface area contributed by atoms with Crippen molar-refractivity contribution < 1.29 is 9.59 Å². The highest BCUT2D eigenvalue weighted by molar-refractivity contribution is 5.92. The number of hydrogen-bond donors (Lipinski definition) is 0. The van der Waals surface area contributed by atoms with Gasteiger partial charge in [-0.25, -0.2) is 0 Å². The van der Waals surface area contributed by atoms with Crippen molar-refractivity contribution in [1.29, 1.82) is 0 Å². The Morgan fingerprint density at radius 2 is 1.73 bits per heavy atom. The van der Waals surface area contributed by atoms with E-state index in [0.717, 1.165) is 44.0 Å². The molecule has 5 heteroatoms. The second-order valence-corrected chi connectivity index (χ2v) is 7.20. The first-order valence-electron chi connectivity index (χ1n) is 9.87. The molecule has 0 spiro atoms. The molecule has 1 aromatic rings. The number of nitrogens with zero attached hydrogens (tertiary/aromatic N) is 3. The molecule has 1 atom stereocenters. The Labute approximate surface area is 158 Å². The molecule has 144 valence electrons. The number of likely N-dealkylation sites (tertiary alicyclic amines) is 1. The number of amides is 2. The fraction of sp³-hybridized carbons (Fsp3) is 0.619. The number of hydrogen-bond acceptors (Lipinski definition) is 3. The molecule has 0 aliphatic carbocycles. The van der Waals surface area contributed by atoms with Gasteiger partial charge in [0.15, 0.2) is 0 Å². The number of rotatable bonds is 7. The largest absolute Gasteiger partial charge is 0.372 e. The summed E-state index contributed by atoms with van der Waals surface area (Å²) in [6.45, 7) is 12.1. The average molecular weight is 360 g/mol. The zero-order chi connectivity index (χ0) is 19.1. The minimum Gasteiger partial charge on any atom is -0.372 e. The van der Waals surface area contributed by atoms with Crippen LogP contribution < -0.4 is 9.80 Å². The standard InChI is InChI=1S/C21H33N3O2/c1-5-22(6-2)19-9-11-20(12-10-19)24(18(4)25)15-13-21(26)23-14-7-8-17(3)16-23/h9-12,17H,5-8,13-16H2,1-4H3. The van der Waals surface area contributed by atoms with Gasteiger partial charge in [-0.15, -0.1) is 0 Å². The van der Waals surface area contributed by atoms with Crippen LogP contribution in [0.4, 0.5) is 11.4 Å². The molecule has 0 saturated carbocycles. The number of piperidine rings is 1. The van der Waals surface area contributed by atoms with Crippen molar-refractivity contribution in [2.75, 3.05) is 42.5 Å². The zero-order valence-corrected chi connectivity index (χ0v) is 16.7. The maximum atomic E-state index is 12.5. The summed E-state index contributed by atoms with van der Waals surface area (Å²) in [4.78, 5) is 30.5. The molecule has 1 unspecified atom stereocenters. The van der Waals surface area contributed by atoms with Crippen LogP contribution >= 0.6 is 0 Å². The van der Waals surface area contributed by atoms with Gasteiger partial charge in [0, 0.05) is 57.4 Å². The van der Waals surface area contributed by atoms with Crippen LogP contribution in [-0.4, -0.2) is 49.4 Å². The van der Waals surface area contributed by atoms with Gasteiger partial charge in [0.2, 0.25) is 11.8 Å². The van der Waals surface area contributed by atoms with Gasteiger partial charge in [0.1, 0.15) is 0 Å². The van der Waals surface area contributed by atoms with Crippen molar-refractivity contribution in [2.45, 2.75) is 47.0 Å². The summed E-state index contributed by atoms with van der Waals surface area (Å²) in [5.41, 5.74) is 2.01. The number of carbonyl (C=O) groups excluding carboxylic acids is 2. The molecule has 1 aromatic carbocycles. The third-order valence-electron chi connectivity index (χ3n) is 5.23. The zero-order valence-electron chi connectivity index (χ0n) is 16.7. The Kier molecular flexibility index (Phi) is 7.49. The molecule has 0 bridgehead atoms. The second-order valence-electron chi connectivity index (χ2n) is 7.20. The highest BCUT2D eigenvalue weighted by atomic mass is 16.2. The van der Waals surface area contributed by atoms with Crippen LogP contribution in [0.1, 0.15) is 47.0 Å². The number of carbonyl (C=O) groups is 2. The summed E-state index contributed by atoms with van der Waals surface area (Å²) >= 11 is 0. The molecule has 1 fully saturated rings. The van der Waals surface area contributed by atoms with Crippen LogP contribution in [0.3, 0.4) is 0 Å². The van der Waals surface area contributed by atoms with E-state index in [9.17, 15) is 9.59 Å². The van der Waals surface area contributed by atoms with Gasteiger partial charge >= 0.3 is 0 Å². The van der Waals surface area contributed by atoms with Crippen molar-refractivity contribution in [2.24, 2.45) is 5.92 Å². The summed E-state index contributed by atoms with van der Waals surface area (Å²) in [6.07, 6.45) is 2.66. The predicted molar refractivity (Wildman–Crippen MR) is 108 cm³/mol. The maximum Gasteiger partial charge on any atom is 0.224 e. The summed E-state index contributed by atoms with van der Waals surface area (Å²) < 4.78 is 0. The van der Waals surface area contributed by atoms with E-state index in [2.05, 4.69) is 25.7 Å². The molecule has 5 nitrogen and oxygen atoms in total. The van der Waals surface area contributed by atoms with E-state index in [4.69, 9.17) is 0 Å². The highest BCUT2D eigenvalue weighted by Gasteiger charge is 2.22. The first-order chi connectivity index (χ1) is 12.5. The first kappa shape index (κ1) is 20.3. The molecule has 2 rings (SSSR count). The molecule has 2 amide bonds. The number of anilines is 2. The van der Waals surface area contributed by atoms with Gasteiger partial charge in [-0.05, 0) is 56.9 Å². The van der Waals surface area contributed by atoms with Crippen molar-refractivity contribution in [1.82, 2.24) is 4.90 Å². The normalized spacial score (nSPS) is 17.1. The Bertz CT molecular complexity index is 596. The van der Waals surface area contributed by atoms with Gasteiger partial charge in [-0.3, -0.25) is 9.59 Å². The molecule has 1 aliphatic rings. The van der Waals surface area contributed by atoms with E-state index in [-0.39, 0.29) is 11.8 Å². The van der Waals surface area contributed by atoms with E-state index >= 15 is 0 Å². The summed E-state index contributed by atoms with van der Waals surface area (Å²) in [5, 5.41) is 0. The average Bonchev–Trinajstić information content (AvgIpc) is 2.63. The van der Waals surface area contributed by atoms with Gasteiger partial charge in [0.05, 0.1) is 0 Å². The minimum absolute atomic E-state index is 0.0274. The Morgan fingerprint density at radius 3 is 2.27 bits per heavy atom. The van der Waals surface area contributed by atoms with Gasteiger partial charge in [-0.2, -0.15) is 0 Å². The van der Waals surface area contributed by atoms with Crippen LogP contribution in [0, 0.1) is 5.92 Å². The Morgan fingerprint density at radius 1 is 1.12 bits per heavy atom. The molecular formula is C21H33N3O2. The molecule has 26 heavy (non-hydrogen) atoms. The van der Waals surface area contributed by atoms with E-state index in [1.807, 2.05) is 29.2 Å². The topological polar surface area (TPSA) is 43.9 Å². The van der Waals surface area contributed by atoms with Gasteiger partial charge < -0.3 is 14.7 Å². The van der Waals surface area contributed by atoms with E-state index in [1.165, 1.54) is 6.42 Å². The van der Waals surface area contributed by atoms with E-state index in [0.29, 0.717) is 18.9 Å². The fourth-order valence-electron chi connectivity index (χ4n) is 3.68. The van der Waals surface area contributed by atoms with Crippen LogP contribution in [0.2, 0.25) is 0 Å². The lowest BCUT2D eigenvalue weighted by Gasteiger charge is -2.32. The Hall–Kier alpha value is -2.04. The molecular weight excluding hydrogens is 326 g/mol. The number of benzene rings is 1. The van der Waals surface area contributed by atoms with Crippen molar-refractivity contribution in [3.05, 3.63) is 24.3 Å². The van der Waals surface area contributed by atoms with Gasteiger partial charge in [0.25, 0.3) is 0 Å². The highest BCUT2D eigenvalue weighted by Crippen LogP contribution is 2.22. The van der Waals surface area contributed by atoms with Crippen molar-refractivity contribution in [3.63, 3.8) is 0 Å². The lowest BCUT2D eigenvalue weighted by molar-refractivity contribution is -0.132. The molecule has 0 radical (unpaired) electrons. The predicted octanol–water partition coefficient (Wildman–Crippen LogP) is 3.53. The van der Waals surface area contributed by atoms with Crippen molar-refractivity contribution >= 4 is 23.2 Å². The lowest BCUT2D eigenvalue weighted by Crippen LogP contribution is -2.41. The summed E-state index contributed by atoms with van der Waals surface area (Å²) in [6, 6.07) is 8.05. The van der Waals surface area contributed by atoms with Crippen LogP contribution in [0.5, 0.6) is 0 Å². The van der Waals surface area contributed by atoms with Crippen LogP contribution in [0.15, 0.2) is 24.3 Å². The summed E-state index contributed by atoms with van der Waals surface area (Å²) in [7, 11) is 0. The quantitative estimate of drug-likeness (QED) is 0.748. The third-order valence-corrected chi connectivity index (χ3v) is 5.23. The molecule has 1 saturated heterocycles. The SMILES string of the molecule is CCN(CC)c1ccc(N(CCC(=O)N2CCCC(C)C2)C(C)=O)cc1. The molecule has 0 N–H and O–H groups in total. The van der Waals surface area contributed by atoms with E-state index in [1.54, 1.807) is 11.8 Å². The third kappa shape index (κ3) is 5.23. The Balaban J connectivity index is 2.00. The second kappa shape index (κ2) is 9.60. The fourth-order valence-corrected chi connectivity index (χ4v) is 3.68. The minimum atomic E-state index is -0.0274. The molecule has 1 aliphatic heterocycles. The van der Waals surface area contributed by atoms with Crippen LogP contribution in [0.25, 0.3) is 0 Å². The van der Waals surface area contributed by atoms with Crippen molar-refractivity contribution in [3.8, 4) is 0 Å². The lowest BCUT2D eigenvalue weighted by atomic mass is 10.00. The molecule has 0 aromatic heterocycles. The smallest absolute Gasteiger partial charge is 0.224 e.